The van der Waals surface area contributed by atoms with E-state index in [2.05, 4.69) is 0 Å². The highest BCUT2D eigenvalue weighted by Crippen LogP contribution is 2.20. The summed E-state index contributed by atoms with van der Waals surface area (Å²) >= 11 is 0. The normalized spacial score (nSPS) is 13.2. The summed E-state index contributed by atoms with van der Waals surface area (Å²) in [6.07, 6.45) is 0.230. The summed E-state index contributed by atoms with van der Waals surface area (Å²) < 4.78 is 15.6. The summed E-state index contributed by atoms with van der Waals surface area (Å²) in [4.78, 5) is 11.6. The number of esters is 1. The first-order valence-corrected chi connectivity index (χ1v) is 5.87. The van der Waals surface area contributed by atoms with Gasteiger partial charge in [-0.3, -0.25) is 4.79 Å². The first kappa shape index (κ1) is 15.4. The van der Waals surface area contributed by atoms with Crippen LogP contribution in [-0.2, 0) is 19.0 Å². The first-order chi connectivity index (χ1) is 7.56. The van der Waals surface area contributed by atoms with Crippen molar-refractivity contribution in [3.63, 3.8) is 0 Å². The highest BCUT2D eigenvalue weighted by atomic mass is 16.7. The van der Waals surface area contributed by atoms with E-state index in [4.69, 9.17) is 14.2 Å². The van der Waals surface area contributed by atoms with Gasteiger partial charge in [0.2, 0.25) is 0 Å². The Balaban J connectivity index is 4.38. The van der Waals surface area contributed by atoms with Crippen molar-refractivity contribution >= 4 is 5.97 Å². The monoisotopic (exact) mass is 232 g/mol. The van der Waals surface area contributed by atoms with Crippen molar-refractivity contribution in [3.8, 4) is 0 Å². The van der Waals surface area contributed by atoms with Crippen LogP contribution < -0.4 is 0 Å². The third kappa shape index (κ3) is 5.47. The predicted octanol–water partition coefficient (Wildman–Crippen LogP) is 2.22. The molecule has 16 heavy (non-hydrogen) atoms. The number of carbonyl (C=O) groups is 1. The van der Waals surface area contributed by atoms with Crippen molar-refractivity contribution < 1.29 is 19.0 Å². The van der Waals surface area contributed by atoms with Gasteiger partial charge >= 0.3 is 5.97 Å². The molecule has 0 N–H and O–H groups in total. The maximum absolute atomic E-state index is 11.6. The lowest BCUT2D eigenvalue weighted by atomic mass is 9.92. The van der Waals surface area contributed by atoms with Gasteiger partial charge in [0.1, 0.15) is 0 Å². The molecule has 0 spiro atoms. The summed E-state index contributed by atoms with van der Waals surface area (Å²) in [5, 5.41) is 0. The third-order valence-corrected chi connectivity index (χ3v) is 2.46. The zero-order chi connectivity index (χ0) is 12.6. The molecule has 0 unspecified atom stereocenters. The molecule has 0 aromatic heterocycles. The second-order valence-electron chi connectivity index (χ2n) is 3.95. The fraction of sp³-hybridized carbons (Fsp3) is 0.917. The second-order valence-corrected chi connectivity index (χ2v) is 3.95. The minimum absolute atomic E-state index is 0.173. The van der Waals surface area contributed by atoms with E-state index >= 15 is 0 Å². The fourth-order valence-corrected chi connectivity index (χ4v) is 1.56. The Kier molecular flexibility index (Phi) is 8.21. The Morgan fingerprint density at radius 1 is 1.12 bits per heavy atom. The molecular formula is C12H24O4. The van der Waals surface area contributed by atoms with Crippen molar-refractivity contribution in [1.29, 1.82) is 0 Å². The van der Waals surface area contributed by atoms with Gasteiger partial charge in [0, 0.05) is 19.6 Å². The van der Waals surface area contributed by atoms with E-state index in [0.29, 0.717) is 19.6 Å². The molecule has 0 aromatic rings. The fourth-order valence-electron chi connectivity index (χ4n) is 1.56. The topological polar surface area (TPSA) is 44.8 Å². The van der Waals surface area contributed by atoms with Gasteiger partial charge in [-0.1, -0.05) is 13.8 Å². The summed E-state index contributed by atoms with van der Waals surface area (Å²) in [5.74, 6) is -0.150. The van der Waals surface area contributed by atoms with Crippen LogP contribution in [0.15, 0.2) is 0 Å². The van der Waals surface area contributed by atoms with E-state index in [-0.39, 0.29) is 24.1 Å². The van der Waals surface area contributed by atoms with Crippen LogP contribution in [0.4, 0.5) is 0 Å². The van der Waals surface area contributed by atoms with Crippen LogP contribution in [0.3, 0.4) is 0 Å². The number of carbonyl (C=O) groups excluding carboxylic acids is 1. The van der Waals surface area contributed by atoms with Gasteiger partial charge in [-0.05, 0) is 19.8 Å². The summed E-state index contributed by atoms with van der Waals surface area (Å²) in [6, 6.07) is 0. The molecule has 1 atom stereocenters. The summed E-state index contributed by atoms with van der Waals surface area (Å²) in [6.45, 7) is 8.98. The maximum Gasteiger partial charge on any atom is 0.309 e. The van der Waals surface area contributed by atoms with Crippen LogP contribution in [0.25, 0.3) is 0 Å². The molecule has 0 rings (SSSR count). The molecule has 4 nitrogen and oxygen atoms in total. The van der Waals surface area contributed by atoms with E-state index in [0.717, 1.165) is 0 Å². The molecule has 0 fully saturated rings. The van der Waals surface area contributed by atoms with Gasteiger partial charge in [-0.25, -0.2) is 0 Å². The Morgan fingerprint density at radius 2 is 1.62 bits per heavy atom. The third-order valence-electron chi connectivity index (χ3n) is 2.46. The maximum atomic E-state index is 11.6. The molecule has 0 aliphatic carbocycles. The standard InChI is InChI=1S/C12H24O4/c1-6-15-11(16-7-2)8-10(9(3)4)12(13)14-5/h9-11H,6-8H2,1-5H3/t10-/m0/s1. The predicted molar refractivity (Wildman–Crippen MR) is 62.0 cm³/mol. The minimum Gasteiger partial charge on any atom is -0.469 e. The Bertz CT molecular complexity index is 185. The molecule has 0 saturated carbocycles. The number of rotatable bonds is 8. The van der Waals surface area contributed by atoms with Gasteiger partial charge in [0.15, 0.2) is 6.29 Å². The molecule has 0 bridgehead atoms. The van der Waals surface area contributed by atoms with E-state index < -0.39 is 0 Å². The van der Waals surface area contributed by atoms with Crippen molar-refractivity contribution in [2.45, 2.75) is 40.4 Å². The van der Waals surface area contributed by atoms with Crippen molar-refractivity contribution in [3.05, 3.63) is 0 Å². The van der Waals surface area contributed by atoms with Crippen molar-refractivity contribution in [2.24, 2.45) is 11.8 Å². The van der Waals surface area contributed by atoms with E-state index in [1.54, 1.807) is 0 Å². The minimum atomic E-state index is -0.318. The smallest absolute Gasteiger partial charge is 0.309 e. The number of ether oxygens (including phenoxy) is 3. The van der Waals surface area contributed by atoms with E-state index in [9.17, 15) is 4.79 Å². The van der Waals surface area contributed by atoms with Gasteiger partial charge in [0.05, 0.1) is 13.0 Å². The van der Waals surface area contributed by atoms with Crippen LogP contribution >= 0.6 is 0 Å². The quantitative estimate of drug-likeness (QED) is 0.475. The van der Waals surface area contributed by atoms with Gasteiger partial charge in [-0.15, -0.1) is 0 Å². The molecular weight excluding hydrogens is 208 g/mol. The highest BCUT2D eigenvalue weighted by molar-refractivity contribution is 5.72. The second kappa shape index (κ2) is 8.53. The zero-order valence-electron chi connectivity index (χ0n) is 11.0. The lowest BCUT2D eigenvalue weighted by Gasteiger charge is -2.24. The van der Waals surface area contributed by atoms with Crippen LogP contribution in [0.2, 0.25) is 0 Å². The van der Waals surface area contributed by atoms with Crippen molar-refractivity contribution in [2.75, 3.05) is 20.3 Å². The zero-order valence-corrected chi connectivity index (χ0v) is 11.0. The summed E-state index contributed by atoms with van der Waals surface area (Å²) in [7, 11) is 1.41. The molecule has 0 aromatic carbocycles. The lowest BCUT2D eigenvalue weighted by Crippen LogP contribution is -2.29. The number of hydrogen-bond donors (Lipinski definition) is 0. The Labute approximate surface area is 98.3 Å². The molecule has 0 heterocycles. The van der Waals surface area contributed by atoms with E-state index in [1.165, 1.54) is 7.11 Å². The average molecular weight is 232 g/mol. The van der Waals surface area contributed by atoms with Gasteiger partial charge < -0.3 is 14.2 Å². The molecule has 0 amide bonds. The van der Waals surface area contributed by atoms with Gasteiger partial charge in [-0.2, -0.15) is 0 Å². The Hall–Kier alpha value is -0.610. The summed E-state index contributed by atoms with van der Waals surface area (Å²) in [5.41, 5.74) is 0. The number of methoxy groups -OCH3 is 1. The largest absolute Gasteiger partial charge is 0.469 e. The van der Waals surface area contributed by atoms with Crippen LogP contribution in [0, 0.1) is 11.8 Å². The Morgan fingerprint density at radius 3 is 1.94 bits per heavy atom. The highest BCUT2D eigenvalue weighted by Gasteiger charge is 2.27. The molecule has 0 aliphatic rings. The lowest BCUT2D eigenvalue weighted by molar-refractivity contribution is -0.165. The van der Waals surface area contributed by atoms with Crippen LogP contribution in [0.5, 0.6) is 0 Å². The molecule has 4 heteroatoms. The average Bonchev–Trinajstić information content (AvgIpc) is 2.24. The molecule has 0 aliphatic heterocycles. The van der Waals surface area contributed by atoms with Crippen LogP contribution in [0.1, 0.15) is 34.1 Å². The first-order valence-electron chi connectivity index (χ1n) is 5.87. The van der Waals surface area contributed by atoms with Crippen LogP contribution in [-0.4, -0.2) is 32.6 Å². The van der Waals surface area contributed by atoms with E-state index in [1.807, 2.05) is 27.7 Å². The molecule has 0 saturated heterocycles. The SMILES string of the molecule is CCOC(C[C@H](C(=O)OC)C(C)C)OCC. The molecule has 96 valence electrons. The molecule has 0 radical (unpaired) electrons. The number of hydrogen-bond acceptors (Lipinski definition) is 4. The van der Waals surface area contributed by atoms with Gasteiger partial charge in [0.25, 0.3) is 0 Å². The van der Waals surface area contributed by atoms with Crippen molar-refractivity contribution in [1.82, 2.24) is 0 Å².